The molecular weight excluding hydrogens is 314 g/mol. The average molecular weight is 341 g/mol. The summed E-state index contributed by atoms with van der Waals surface area (Å²) in [6.45, 7) is 5.28. The molecule has 0 spiro atoms. The maximum atomic E-state index is 5.92. The van der Waals surface area contributed by atoms with Crippen LogP contribution in [0.4, 0.5) is 0 Å². The van der Waals surface area contributed by atoms with E-state index in [1.807, 2.05) is 31.2 Å². The van der Waals surface area contributed by atoms with Gasteiger partial charge in [0.05, 0.1) is 19.3 Å². The van der Waals surface area contributed by atoms with Gasteiger partial charge in [0.25, 0.3) is 0 Å². The second-order valence-electron chi connectivity index (χ2n) is 6.28. The highest BCUT2D eigenvalue weighted by atomic mass is 16.5. The fraction of sp³-hybridized carbons (Fsp3) is 0.474. The summed E-state index contributed by atoms with van der Waals surface area (Å²) in [6, 6.07) is 8.55. The minimum absolute atomic E-state index is 0.0314. The fourth-order valence-electron chi connectivity index (χ4n) is 3.23. The van der Waals surface area contributed by atoms with Gasteiger partial charge in [-0.3, -0.25) is 9.67 Å². The van der Waals surface area contributed by atoms with Crippen LogP contribution in [-0.4, -0.2) is 47.4 Å². The zero-order valence-electron chi connectivity index (χ0n) is 15.3. The number of hydrogen-bond donors (Lipinski definition) is 1. The Bertz CT molecular complexity index is 724. The molecule has 1 aliphatic rings. The molecule has 6 nitrogen and oxygen atoms in total. The maximum absolute atomic E-state index is 5.92. The largest absolute Gasteiger partial charge is 0.370 e. The van der Waals surface area contributed by atoms with Gasteiger partial charge in [0, 0.05) is 38.9 Å². The molecule has 1 saturated heterocycles. The Kier molecular flexibility index (Phi) is 5.71. The Morgan fingerprint density at radius 2 is 2.16 bits per heavy atom. The maximum Gasteiger partial charge on any atom is 0.194 e. The van der Waals surface area contributed by atoms with E-state index in [9.17, 15) is 0 Å². The zero-order valence-corrected chi connectivity index (χ0v) is 15.3. The van der Waals surface area contributed by atoms with Crippen LogP contribution in [0.2, 0.25) is 0 Å². The number of nitrogens with zero attached hydrogens (tertiary/aromatic N) is 4. The van der Waals surface area contributed by atoms with Crippen LogP contribution in [-0.2, 0) is 24.8 Å². The second kappa shape index (κ2) is 8.16. The lowest BCUT2D eigenvalue weighted by molar-refractivity contribution is -0.00805. The molecule has 1 unspecified atom stereocenters. The molecule has 1 aromatic heterocycles. The minimum atomic E-state index is 0.0314. The van der Waals surface area contributed by atoms with Gasteiger partial charge in [0.2, 0.25) is 0 Å². The average Bonchev–Trinajstić information content (AvgIpc) is 3.09. The summed E-state index contributed by atoms with van der Waals surface area (Å²) in [4.78, 5) is 6.73. The Morgan fingerprint density at radius 3 is 2.84 bits per heavy atom. The van der Waals surface area contributed by atoms with Crippen molar-refractivity contribution in [3.8, 4) is 0 Å². The second-order valence-corrected chi connectivity index (χ2v) is 6.28. The Balaban J connectivity index is 1.64. The van der Waals surface area contributed by atoms with Crippen molar-refractivity contribution >= 4 is 5.96 Å². The molecule has 6 heteroatoms. The monoisotopic (exact) mass is 341 g/mol. The first-order chi connectivity index (χ1) is 12.2. The first-order valence-corrected chi connectivity index (χ1v) is 8.83. The van der Waals surface area contributed by atoms with Crippen LogP contribution in [0.3, 0.4) is 0 Å². The van der Waals surface area contributed by atoms with E-state index in [1.54, 1.807) is 0 Å². The fourth-order valence-corrected chi connectivity index (χ4v) is 3.23. The van der Waals surface area contributed by atoms with E-state index in [-0.39, 0.29) is 6.10 Å². The Hall–Kier alpha value is -2.34. The van der Waals surface area contributed by atoms with Crippen molar-refractivity contribution < 1.29 is 4.74 Å². The molecule has 0 aliphatic carbocycles. The molecule has 0 radical (unpaired) electrons. The van der Waals surface area contributed by atoms with Crippen LogP contribution in [0.15, 0.2) is 41.7 Å². The smallest absolute Gasteiger partial charge is 0.194 e. The first kappa shape index (κ1) is 17.5. The summed E-state index contributed by atoms with van der Waals surface area (Å²) in [7, 11) is 3.76. The highest BCUT2D eigenvalue weighted by molar-refractivity contribution is 5.80. The van der Waals surface area contributed by atoms with E-state index in [4.69, 9.17) is 4.74 Å². The molecule has 2 heterocycles. The van der Waals surface area contributed by atoms with Crippen molar-refractivity contribution in [3.05, 3.63) is 53.3 Å². The van der Waals surface area contributed by atoms with Crippen LogP contribution in [0.5, 0.6) is 0 Å². The number of ether oxygens (including phenoxy) is 1. The van der Waals surface area contributed by atoms with Crippen molar-refractivity contribution in [1.29, 1.82) is 0 Å². The van der Waals surface area contributed by atoms with Crippen molar-refractivity contribution in [2.75, 3.05) is 26.7 Å². The SMILES string of the molecule is CCc1ccccc1CNC(=NC)N1CCOC(c2cnn(C)c2)C1. The lowest BCUT2D eigenvalue weighted by atomic mass is 10.1. The van der Waals surface area contributed by atoms with Crippen molar-refractivity contribution in [2.24, 2.45) is 12.0 Å². The predicted molar refractivity (Wildman–Crippen MR) is 99.5 cm³/mol. The third-order valence-corrected chi connectivity index (χ3v) is 4.61. The number of benzene rings is 1. The number of rotatable bonds is 4. The molecule has 1 atom stereocenters. The quantitative estimate of drug-likeness (QED) is 0.684. The molecule has 2 aromatic rings. The van der Waals surface area contributed by atoms with Crippen molar-refractivity contribution in [3.63, 3.8) is 0 Å². The minimum Gasteiger partial charge on any atom is -0.370 e. The molecule has 1 aromatic carbocycles. The predicted octanol–water partition coefficient (Wildman–Crippen LogP) is 2.13. The summed E-state index contributed by atoms with van der Waals surface area (Å²) in [5.74, 6) is 0.920. The molecule has 3 rings (SSSR count). The van der Waals surface area contributed by atoms with Gasteiger partial charge in [-0.2, -0.15) is 5.10 Å². The van der Waals surface area contributed by atoms with E-state index in [2.05, 4.69) is 51.5 Å². The number of morpholine rings is 1. The molecule has 1 N–H and O–H groups in total. The number of guanidine groups is 1. The molecule has 0 bridgehead atoms. The third kappa shape index (κ3) is 4.20. The number of aliphatic imine (C=N–C) groups is 1. The normalized spacial score (nSPS) is 18.4. The molecule has 134 valence electrons. The van der Waals surface area contributed by atoms with E-state index < -0.39 is 0 Å². The van der Waals surface area contributed by atoms with Crippen LogP contribution in [0.1, 0.15) is 29.7 Å². The molecule has 0 saturated carbocycles. The molecule has 1 aliphatic heterocycles. The van der Waals surface area contributed by atoms with E-state index >= 15 is 0 Å². The van der Waals surface area contributed by atoms with E-state index in [0.717, 1.165) is 37.6 Å². The number of aryl methyl sites for hydroxylation is 2. The van der Waals surface area contributed by atoms with Gasteiger partial charge in [-0.1, -0.05) is 31.2 Å². The van der Waals surface area contributed by atoms with E-state index in [1.165, 1.54) is 11.1 Å². The van der Waals surface area contributed by atoms with Crippen molar-refractivity contribution in [2.45, 2.75) is 26.0 Å². The summed E-state index contributed by atoms with van der Waals surface area (Å²) < 4.78 is 7.74. The molecule has 25 heavy (non-hydrogen) atoms. The number of hydrogen-bond acceptors (Lipinski definition) is 3. The lowest BCUT2D eigenvalue weighted by Gasteiger charge is -2.34. The topological polar surface area (TPSA) is 54.7 Å². The van der Waals surface area contributed by atoms with Crippen LogP contribution >= 0.6 is 0 Å². The van der Waals surface area contributed by atoms with Gasteiger partial charge in [0.15, 0.2) is 5.96 Å². The summed E-state index contributed by atoms with van der Waals surface area (Å²) in [5, 5.41) is 7.76. The first-order valence-electron chi connectivity index (χ1n) is 8.83. The highest BCUT2D eigenvalue weighted by Crippen LogP contribution is 2.21. The molecular formula is C19H27N5O. The standard InChI is InChI=1S/C19H27N5O/c1-4-15-7-5-6-8-16(15)11-21-19(20-2)24-9-10-25-18(14-24)17-12-22-23(3)13-17/h5-8,12-13,18H,4,9-11,14H2,1-3H3,(H,20,21). The van der Waals surface area contributed by atoms with Gasteiger partial charge < -0.3 is 15.0 Å². The van der Waals surface area contributed by atoms with E-state index in [0.29, 0.717) is 6.61 Å². The Morgan fingerprint density at radius 1 is 1.36 bits per heavy atom. The molecule has 1 fully saturated rings. The summed E-state index contributed by atoms with van der Waals surface area (Å²) in [5.41, 5.74) is 3.81. The highest BCUT2D eigenvalue weighted by Gasteiger charge is 2.25. The zero-order chi connectivity index (χ0) is 17.6. The van der Waals surface area contributed by atoms with Crippen LogP contribution < -0.4 is 5.32 Å². The third-order valence-electron chi connectivity index (χ3n) is 4.61. The summed E-state index contributed by atoms with van der Waals surface area (Å²) in [6.07, 6.45) is 4.96. The Labute approximate surface area is 149 Å². The van der Waals surface area contributed by atoms with Crippen LogP contribution in [0, 0.1) is 0 Å². The number of aromatic nitrogens is 2. The van der Waals surface area contributed by atoms with Crippen LogP contribution in [0.25, 0.3) is 0 Å². The van der Waals surface area contributed by atoms with Crippen molar-refractivity contribution in [1.82, 2.24) is 20.0 Å². The number of nitrogens with one attached hydrogen (secondary N) is 1. The van der Waals surface area contributed by atoms with Gasteiger partial charge in [0.1, 0.15) is 6.10 Å². The van der Waals surface area contributed by atoms with Gasteiger partial charge in [-0.05, 0) is 17.5 Å². The summed E-state index contributed by atoms with van der Waals surface area (Å²) >= 11 is 0. The van der Waals surface area contributed by atoms with Gasteiger partial charge in [-0.25, -0.2) is 0 Å². The lowest BCUT2D eigenvalue weighted by Crippen LogP contribution is -2.48. The molecule has 0 amide bonds. The van der Waals surface area contributed by atoms with Gasteiger partial charge >= 0.3 is 0 Å². The van der Waals surface area contributed by atoms with Gasteiger partial charge in [-0.15, -0.1) is 0 Å².